The summed E-state index contributed by atoms with van der Waals surface area (Å²) in [6, 6.07) is 34.5. The van der Waals surface area contributed by atoms with Crippen LogP contribution in [0.2, 0.25) is 0 Å². The van der Waals surface area contributed by atoms with Crippen molar-refractivity contribution in [1.29, 1.82) is 0 Å². The second-order valence-electron chi connectivity index (χ2n) is 24.5. The monoisotopic (exact) mass is 1500 g/mol. The molecule has 0 atom stereocenters. The molecule has 0 bridgehead atoms. The fourth-order valence-corrected chi connectivity index (χ4v) is 11.6. The maximum absolute atomic E-state index is 11.8. The van der Waals surface area contributed by atoms with Crippen LogP contribution in [0.3, 0.4) is 0 Å². The summed E-state index contributed by atoms with van der Waals surface area (Å²) in [5.74, 6) is 2.84. The van der Waals surface area contributed by atoms with Gasteiger partial charge in [0.05, 0.1) is 35.3 Å². The molecule has 1 aliphatic carbocycles. The molecule has 107 heavy (non-hydrogen) atoms. The lowest BCUT2D eigenvalue weighted by atomic mass is 9.98. The number of aryl methyl sites for hydroxylation is 1. The number of anilines is 3. The molecule has 4 saturated heterocycles. The summed E-state index contributed by atoms with van der Waals surface area (Å²) in [5, 5.41) is 59.6. The average Bonchev–Trinajstić information content (AvgIpc) is 1.59. The summed E-state index contributed by atoms with van der Waals surface area (Å²) in [6.45, 7) is 12.9. The number of carbonyl (C=O) groups excluding carboxylic acids is 5. The number of aliphatic hydroxyl groups is 1. The molecule has 0 spiro atoms. The van der Waals surface area contributed by atoms with Crippen LogP contribution in [0.4, 0.5) is 44.2 Å². The molecule has 5 aliphatic rings. The van der Waals surface area contributed by atoms with Gasteiger partial charge in [-0.25, -0.2) is 10.7 Å². The minimum atomic E-state index is -1.00. The van der Waals surface area contributed by atoms with Gasteiger partial charge >= 0.3 is 5.97 Å². The van der Waals surface area contributed by atoms with E-state index in [-0.39, 0.29) is 84.0 Å². The third kappa shape index (κ3) is 28.3. The third-order valence-electron chi connectivity index (χ3n) is 17.2. The van der Waals surface area contributed by atoms with Crippen LogP contribution in [-0.2, 0) is 33.3 Å². The van der Waals surface area contributed by atoms with Crippen LogP contribution in [0.25, 0.3) is 11.1 Å². The van der Waals surface area contributed by atoms with Crippen molar-refractivity contribution in [2.24, 2.45) is 5.90 Å². The molecule has 0 unspecified atom stereocenters. The summed E-state index contributed by atoms with van der Waals surface area (Å²) in [5.41, 5.74) is 7.98. The van der Waals surface area contributed by atoms with Crippen molar-refractivity contribution >= 4 is 68.9 Å². The van der Waals surface area contributed by atoms with Gasteiger partial charge in [0.1, 0.15) is 56.7 Å². The standard InChI is InChI=1S/C17H16O3.C14H19N3O4.2C13H17N3O4.C10H11NO4.C5H11N.CH3F.CH5NO/c1-19-11-17(18)20-10-16-14-8-4-2-6-12(14)13-7-3-5-9-15(13)16;1-15-5-7-16(8-6-15)12-4-3-11(14(18)10-21-2)9-13(12)17(19)20;1-20-9-13(17)10-2-3-11(12(8-10)16(18)19)15-6-4-14-5-7-15;1-14-4-6-15(7-5-14)11-3-2-10(13(18)9-17)8-12(11)16(19)20;1-7-3-4-8(10(12)6-15-2)5-9(7)11(13)14;1-2-4-6-5-3-1;1-2;1-3-2/h2-9,16H,10-11H2,1H3;3-4,9H,5-8,10H2,1-2H3;2-3,8,14H,4-7,9H2,1H3;2-3,8,17H,4-7,9H2,1H3;3-5H,6H2,1-2H3;6H,1-5H2;1H3;2H2,1H3/i;;;;;;1D;. The van der Waals surface area contributed by atoms with E-state index in [4.69, 9.17) is 25.4 Å². The number of rotatable bonds is 22. The maximum Gasteiger partial charge on any atom is 0.332 e. The highest BCUT2D eigenvalue weighted by Crippen LogP contribution is 2.44. The molecule has 0 saturated carbocycles. The molecule has 6 aromatic carbocycles. The number of nitrogens with two attached hydrogens (primary N) is 1. The summed E-state index contributed by atoms with van der Waals surface area (Å²) in [4.78, 5) is 114. The number of piperazine rings is 3. The van der Waals surface area contributed by atoms with Gasteiger partial charge in [0.15, 0.2) is 23.1 Å². The smallest absolute Gasteiger partial charge is 0.332 e. The van der Waals surface area contributed by atoms with E-state index in [9.17, 15) is 68.8 Å². The number of methoxy groups -OCH3 is 4. The van der Waals surface area contributed by atoms with Gasteiger partial charge in [-0.3, -0.25) is 64.0 Å². The van der Waals surface area contributed by atoms with E-state index in [0.29, 0.717) is 72.1 Å². The number of Topliss-reactive ketones (excluding diaryl/α,β-unsaturated/α-hetero) is 4. The lowest BCUT2D eigenvalue weighted by molar-refractivity contribution is -0.385. The number of aliphatic hydroxyl groups excluding tert-OH is 1. The Morgan fingerprint density at radius 3 is 1.15 bits per heavy atom. The number of nitro benzene ring substituents is 4. The first kappa shape index (κ1) is 87.6. The van der Waals surface area contributed by atoms with Crippen LogP contribution in [0.5, 0.6) is 0 Å². The van der Waals surface area contributed by atoms with Gasteiger partial charge in [0.2, 0.25) is 0 Å². The molecule has 6 aromatic rings. The van der Waals surface area contributed by atoms with Gasteiger partial charge in [-0.1, -0.05) is 67.1 Å². The van der Waals surface area contributed by atoms with E-state index < -0.39 is 39.2 Å². The van der Waals surface area contributed by atoms with Crippen LogP contribution in [0.1, 0.15) is 84.7 Å². The van der Waals surface area contributed by atoms with Gasteiger partial charge in [0.25, 0.3) is 22.7 Å². The number of ether oxygens (including phenoxy) is 5. The molecular formula is C74H99FN12O20. The van der Waals surface area contributed by atoms with E-state index in [1.165, 1.54) is 120 Å². The minimum Gasteiger partial charge on any atom is -0.463 e. The molecule has 4 fully saturated rings. The molecule has 4 heterocycles. The second-order valence-corrected chi connectivity index (χ2v) is 24.5. The Balaban J connectivity index is 0.000000275. The number of hydrogen-bond donors (Lipinski definition) is 4. The van der Waals surface area contributed by atoms with Gasteiger partial charge in [-0.2, -0.15) is 0 Å². The van der Waals surface area contributed by atoms with Gasteiger partial charge in [-0.15, -0.1) is 0 Å². The quantitative estimate of drug-likeness (QED) is 0.0216. The maximum atomic E-state index is 11.8. The van der Waals surface area contributed by atoms with E-state index in [2.05, 4.69) is 60.2 Å². The fourth-order valence-electron chi connectivity index (χ4n) is 11.6. The largest absolute Gasteiger partial charge is 0.463 e. The molecule has 5 N–H and O–H groups in total. The van der Waals surface area contributed by atoms with Crippen molar-refractivity contribution in [3.05, 3.63) is 201 Å². The average molecular weight is 1500 g/mol. The number of benzene rings is 6. The predicted octanol–water partition coefficient (Wildman–Crippen LogP) is 8.10. The fraction of sp³-hybridized carbons (Fsp3) is 0.446. The van der Waals surface area contributed by atoms with E-state index in [1.807, 2.05) is 53.1 Å². The first-order chi connectivity index (χ1) is 51.9. The van der Waals surface area contributed by atoms with Crippen molar-refractivity contribution in [1.82, 2.24) is 20.4 Å². The Morgan fingerprint density at radius 1 is 0.495 bits per heavy atom. The number of ketones is 4. The van der Waals surface area contributed by atoms with Crippen LogP contribution in [-0.4, -0.2) is 252 Å². The van der Waals surface area contributed by atoms with Crippen molar-refractivity contribution in [3.8, 4) is 11.1 Å². The molecule has 4 aliphatic heterocycles. The van der Waals surface area contributed by atoms with Gasteiger partial charge in [-0.05, 0) is 106 Å². The molecule has 32 nitrogen and oxygen atoms in total. The molecular weight excluding hydrogens is 1400 g/mol. The number of piperidine rings is 1. The topological polar surface area (TPSA) is 400 Å². The predicted molar refractivity (Wildman–Crippen MR) is 403 cm³/mol. The number of nitrogens with one attached hydrogen (secondary N) is 2. The Hall–Kier alpha value is -10.0. The normalized spacial score (nSPS) is 14.5. The van der Waals surface area contributed by atoms with Crippen molar-refractivity contribution in [2.45, 2.75) is 32.1 Å². The Labute approximate surface area is 622 Å². The molecule has 582 valence electrons. The Kier molecular flexibility index (Phi) is 39.5. The number of halogens is 1. The molecule has 0 aromatic heterocycles. The second kappa shape index (κ2) is 48.2. The highest BCUT2D eigenvalue weighted by molar-refractivity contribution is 6.00. The van der Waals surface area contributed by atoms with Crippen molar-refractivity contribution in [2.75, 3.05) is 203 Å². The number of hydrogen-bond acceptors (Lipinski definition) is 28. The number of likely N-dealkylation sites (N-methyl/N-ethyl adjacent to an activating group) is 2. The van der Waals surface area contributed by atoms with Gasteiger partial charge < -0.3 is 68.8 Å². The molecule has 11 rings (SSSR count). The first-order valence-corrected chi connectivity index (χ1v) is 34.1. The zero-order chi connectivity index (χ0) is 79.7. The van der Waals surface area contributed by atoms with Crippen molar-refractivity contribution < 1.29 is 83.1 Å². The first-order valence-electron chi connectivity index (χ1n) is 34.8. The zero-order valence-electron chi connectivity index (χ0n) is 62.8. The van der Waals surface area contributed by atoms with Crippen LogP contribution >= 0.6 is 0 Å². The lowest BCUT2D eigenvalue weighted by Crippen LogP contribution is -2.44. The Bertz CT molecular complexity index is 3830. The zero-order valence-corrected chi connectivity index (χ0v) is 61.8. The Morgan fingerprint density at radius 2 is 0.822 bits per heavy atom. The van der Waals surface area contributed by atoms with Gasteiger partial charge in [0, 0.05) is 165 Å². The highest BCUT2D eigenvalue weighted by Gasteiger charge is 2.31. The number of esters is 1. The molecule has 0 radical (unpaired) electrons. The highest BCUT2D eigenvalue weighted by atomic mass is 19.1. The third-order valence-corrected chi connectivity index (χ3v) is 17.2. The van der Waals surface area contributed by atoms with Crippen LogP contribution in [0.15, 0.2) is 121 Å². The summed E-state index contributed by atoms with van der Waals surface area (Å²) < 4.78 is 39.8. The van der Waals surface area contributed by atoms with Crippen LogP contribution < -0.4 is 31.2 Å². The SMILES string of the molecule is C1CCNCC1.CN1CCN(c2ccc(C(=O)CO)cc2[N+](=O)[O-])CC1.COCC(=O)OCC1c2ccccc2-c2ccccc21.COCC(=O)c1ccc(C)c([N+](=O)[O-])c1.COCC(=O)c1ccc(N2CCN(C)CC2)c([N+](=O)[O-])c1.COCC(=O)c1ccc(N2CCNCC2)c([N+](=O)[O-])c1.CON.[2H]CF. The summed E-state index contributed by atoms with van der Waals surface area (Å²) in [6.07, 6.45) is 4.22. The van der Waals surface area contributed by atoms with E-state index >= 15 is 0 Å². The summed E-state index contributed by atoms with van der Waals surface area (Å²) in [7, 11) is 10.2. The number of nitrogens with zero attached hydrogens (tertiary/aromatic N) is 9. The lowest BCUT2D eigenvalue weighted by Gasteiger charge is -2.33. The van der Waals surface area contributed by atoms with E-state index in [0.717, 1.165) is 52.4 Å². The van der Waals surface area contributed by atoms with E-state index in [1.54, 1.807) is 49.4 Å². The number of fused-ring (bicyclic) bond motifs is 3. The van der Waals surface area contributed by atoms with Crippen LogP contribution in [0, 0.1) is 47.4 Å². The van der Waals surface area contributed by atoms with Crippen molar-refractivity contribution in [3.63, 3.8) is 0 Å². The summed E-state index contributed by atoms with van der Waals surface area (Å²) >= 11 is 0. The number of alkyl halides is 1. The number of carbonyl (C=O) groups is 5. The number of nitro groups is 4. The minimum absolute atomic E-state index is 0.00395. The molecule has 33 heteroatoms. The molecule has 0 amide bonds.